The van der Waals surface area contributed by atoms with Gasteiger partial charge in [0, 0.05) is 16.8 Å². The van der Waals surface area contributed by atoms with Crippen molar-refractivity contribution in [2.75, 3.05) is 4.90 Å². The summed E-state index contributed by atoms with van der Waals surface area (Å²) < 4.78 is 0. The summed E-state index contributed by atoms with van der Waals surface area (Å²) in [5, 5.41) is 5.04. The number of benzene rings is 5. The van der Waals surface area contributed by atoms with Crippen LogP contribution in [-0.4, -0.2) is 0 Å². The molecule has 1 nitrogen and oxygen atoms in total. The second-order valence-electron chi connectivity index (χ2n) is 6.70. The molecule has 0 unspecified atom stereocenters. The Labute approximate surface area is 159 Å². The molecular formula is C26H19N. The molecule has 0 aliphatic rings. The number of anilines is 3. The van der Waals surface area contributed by atoms with Gasteiger partial charge in [-0.3, -0.25) is 0 Å². The summed E-state index contributed by atoms with van der Waals surface area (Å²) in [7, 11) is 0. The van der Waals surface area contributed by atoms with Crippen LogP contribution in [0.3, 0.4) is 0 Å². The van der Waals surface area contributed by atoms with E-state index in [2.05, 4.69) is 120 Å². The van der Waals surface area contributed by atoms with Crippen molar-refractivity contribution >= 4 is 38.6 Å². The lowest BCUT2D eigenvalue weighted by Gasteiger charge is -2.27. The van der Waals surface area contributed by atoms with E-state index < -0.39 is 0 Å². The Kier molecular flexibility index (Phi) is 3.84. The van der Waals surface area contributed by atoms with E-state index in [1.54, 1.807) is 0 Å². The van der Waals surface area contributed by atoms with E-state index in [1.807, 2.05) is 0 Å². The second kappa shape index (κ2) is 6.62. The smallest absolute Gasteiger partial charge is 0.0540 e. The van der Waals surface area contributed by atoms with Gasteiger partial charge in [-0.2, -0.15) is 0 Å². The van der Waals surface area contributed by atoms with Crippen molar-refractivity contribution in [3.63, 3.8) is 0 Å². The van der Waals surface area contributed by atoms with Crippen LogP contribution in [0.5, 0.6) is 0 Å². The first-order chi connectivity index (χ1) is 13.4. The SMILES string of the molecule is c1ccc(N(c2ccccc2)c2cccc3cc4ccccc4cc23)cc1. The fourth-order valence-corrected chi connectivity index (χ4v) is 3.73. The van der Waals surface area contributed by atoms with Crippen molar-refractivity contribution in [1.82, 2.24) is 0 Å². The first kappa shape index (κ1) is 15.7. The molecule has 0 N–H and O–H groups in total. The Hall–Kier alpha value is -3.58. The van der Waals surface area contributed by atoms with Gasteiger partial charge in [0.15, 0.2) is 0 Å². The van der Waals surface area contributed by atoms with Crippen LogP contribution in [-0.2, 0) is 0 Å². The highest BCUT2D eigenvalue weighted by Gasteiger charge is 2.14. The Morgan fingerprint density at radius 2 is 0.926 bits per heavy atom. The normalized spacial score (nSPS) is 11.0. The van der Waals surface area contributed by atoms with Crippen LogP contribution in [0.4, 0.5) is 17.1 Å². The van der Waals surface area contributed by atoms with Gasteiger partial charge in [-0.15, -0.1) is 0 Å². The summed E-state index contributed by atoms with van der Waals surface area (Å²) >= 11 is 0. The molecule has 5 aromatic rings. The van der Waals surface area contributed by atoms with Crippen molar-refractivity contribution in [1.29, 1.82) is 0 Å². The van der Waals surface area contributed by atoms with Crippen LogP contribution in [0.2, 0.25) is 0 Å². The minimum absolute atomic E-state index is 1.16. The molecule has 128 valence electrons. The summed E-state index contributed by atoms with van der Waals surface area (Å²) in [6.45, 7) is 0. The fraction of sp³-hybridized carbons (Fsp3) is 0. The van der Waals surface area contributed by atoms with Crippen molar-refractivity contribution < 1.29 is 0 Å². The van der Waals surface area contributed by atoms with Gasteiger partial charge in [0.1, 0.15) is 0 Å². The highest BCUT2D eigenvalue weighted by molar-refractivity contribution is 6.06. The van der Waals surface area contributed by atoms with Gasteiger partial charge in [0.25, 0.3) is 0 Å². The zero-order valence-electron chi connectivity index (χ0n) is 14.9. The first-order valence-corrected chi connectivity index (χ1v) is 9.22. The van der Waals surface area contributed by atoms with Crippen molar-refractivity contribution in [3.8, 4) is 0 Å². The zero-order chi connectivity index (χ0) is 18.1. The molecule has 5 aromatic carbocycles. The lowest BCUT2D eigenvalue weighted by Crippen LogP contribution is -2.10. The lowest BCUT2D eigenvalue weighted by molar-refractivity contribution is 1.30. The molecule has 27 heavy (non-hydrogen) atoms. The number of hydrogen-bond donors (Lipinski definition) is 0. The van der Waals surface area contributed by atoms with Crippen LogP contribution >= 0.6 is 0 Å². The van der Waals surface area contributed by atoms with Crippen molar-refractivity contribution in [3.05, 3.63) is 115 Å². The molecule has 0 bridgehead atoms. The topological polar surface area (TPSA) is 3.24 Å². The molecule has 0 atom stereocenters. The van der Waals surface area contributed by atoms with Crippen molar-refractivity contribution in [2.45, 2.75) is 0 Å². The maximum absolute atomic E-state index is 2.33. The summed E-state index contributed by atoms with van der Waals surface area (Å²) in [5.74, 6) is 0. The third-order valence-corrected chi connectivity index (χ3v) is 4.99. The van der Waals surface area contributed by atoms with Gasteiger partial charge in [-0.1, -0.05) is 72.8 Å². The Morgan fingerprint density at radius 3 is 1.56 bits per heavy atom. The minimum atomic E-state index is 1.16. The number of hydrogen-bond acceptors (Lipinski definition) is 1. The van der Waals surface area contributed by atoms with E-state index in [1.165, 1.54) is 27.2 Å². The van der Waals surface area contributed by atoms with E-state index in [9.17, 15) is 0 Å². The molecule has 0 radical (unpaired) electrons. The van der Waals surface area contributed by atoms with Gasteiger partial charge in [-0.25, -0.2) is 0 Å². The van der Waals surface area contributed by atoms with Crippen LogP contribution in [0.1, 0.15) is 0 Å². The Balaban J connectivity index is 1.81. The summed E-state index contributed by atoms with van der Waals surface area (Å²) in [5.41, 5.74) is 3.50. The maximum atomic E-state index is 2.33. The molecule has 0 fully saturated rings. The zero-order valence-corrected chi connectivity index (χ0v) is 14.9. The number of nitrogens with zero attached hydrogens (tertiary/aromatic N) is 1. The molecule has 0 aliphatic heterocycles. The average Bonchev–Trinajstić information content (AvgIpc) is 2.74. The molecule has 5 rings (SSSR count). The molecule has 0 saturated carbocycles. The highest BCUT2D eigenvalue weighted by Crippen LogP contribution is 2.39. The molecule has 1 heteroatoms. The largest absolute Gasteiger partial charge is 0.310 e. The van der Waals surface area contributed by atoms with E-state index in [4.69, 9.17) is 0 Å². The van der Waals surface area contributed by atoms with Gasteiger partial charge in [-0.05, 0) is 58.6 Å². The van der Waals surface area contributed by atoms with E-state index in [0.29, 0.717) is 0 Å². The number of rotatable bonds is 3. The number of para-hydroxylation sites is 2. The molecular weight excluding hydrogens is 326 g/mol. The van der Waals surface area contributed by atoms with E-state index >= 15 is 0 Å². The minimum Gasteiger partial charge on any atom is -0.310 e. The summed E-state index contributed by atoms with van der Waals surface area (Å²) in [6, 6.07) is 40.8. The molecule has 0 saturated heterocycles. The van der Waals surface area contributed by atoms with Gasteiger partial charge in [0.2, 0.25) is 0 Å². The number of fused-ring (bicyclic) bond motifs is 2. The summed E-state index contributed by atoms with van der Waals surface area (Å²) in [4.78, 5) is 2.33. The maximum Gasteiger partial charge on any atom is 0.0540 e. The molecule has 0 amide bonds. The van der Waals surface area contributed by atoms with Crippen LogP contribution in [0, 0.1) is 0 Å². The third-order valence-electron chi connectivity index (χ3n) is 4.99. The monoisotopic (exact) mass is 345 g/mol. The van der Waals surface area contributed by atoms with Crippen molar-refractivity contribution in [2.24, 2.45) is 0 Å². The van der Waals surface area contributed by atoms with E-state index in [-0.39, 0.29) is 0 Å². The van der Waals surface area contributed by atoms with Crippen LogP contribution < -0.4 is 4.90 Å². The summed E-state index contributed by atoms with van der Waals surface area (Å²) in [6.07, 6.45) is 0. The van der Waals surface area contributed by atoms with Crippen LogP contribution in [0.15, 0.2) is 115 Å². The van der Waals surface area contributed by atoms with Gasteiger partial charge in [0.05, 0.1) is 5.69 Å². The Bertz CT molecular complexity index is 1170. The predicted molar refractivity (Wildman–Crippen MR) is 116 cm³/mol. The van der Waals surface area contributed by atoms with Gasteiger partial charge >= 0.3 is 0 Å². The quantitative estimate of drug-likeness (QED) is 0.307. The lowest BCUT2D eigenvalue weighted by atomic mass is 10.0. The van der Waals surface area contributed by atoms with Crippen LogP contribution in [0.25, 0.3) is 21.5 Å². The molecule has 0 aromatic heterocycles. The second-order valence-corrected chi connectivity index (χ2v) is 6.70. The highest BCUT2D eigenvalue weighted by atomic mass is 15.1. The Morgan fingerprint density at radius 1 is 0.407 bits per heavy atom. The van der Waals surface area contributed by atoms with Gasteiger partial charge < -0.3 is 4.90 Å². The molecule has 0 heterocycles. The molecule has 0 aliphatic carbocycles. The van der Waals surface area contributed by atoms with E-state index in [0.717, 1.165) is 11.4 Å². The first-order valence-electron chi connectivity index (χ1n) is 9.22. The fourth-order valence-electron chi connectivity index (χ4n) is 3.73. The third kappa shape index (κ3) is 2.84. The predicted octanol–water partition coefficient (Wildman–Crippen LogP) is 7.46. The standard InChI is InChI=1S/C26H19N/c1-3-13-23(14-4-1)27(24-15-5-2-6-16-24)26-17-9-12-22-18-20-10-7-8-11-21(20)19-25(22)26/h1-19H. The average molecular weight is 345 g/mol. The molecule has 0 spiro atoms.